The summed E-state index contributed by atoms with van der Waals surface area (Å²) >= 11 is 0. The number of phenols is 1. The van der Waals surface area contributed by atoms with E-state index in [-0.39, 0.29) is 18.1 Å². The van der Waals surface area contributed by atoms with Gasteiger partial charge >= 0.3 is 0 Å². The number of aryl methyl sites for hydroxylation is 1. The van der Waals surface area contributed by atoms with Gasteiger partial charge < -0.3 is 10.4 Å². The lowest BCUT2D eigenvalue weighted by Gasteiger charge is -2.04. The topological polar surface area (TPSA) is 67.2 Å². The molecule has 0 fully saturated rings. The van der Waals surface area contributed by atoms with Crippen molar-refractivity contribution in [3.63, 3.8) is 0 Å². The van der Waals surface area contributed by atoms with Gasteiger partial charge in [-0.15, -0.1) is 0 Å². The molecule has 1 amide bonds. The molecule has 0 aliphatic rings. The van der Waals surface area contributed by atoms with Crippen molar-refractivity contribution in [3.05, 3.63) is 42.2 Å². The molecule has 2 aromatic rings. The molecule has 17 heavy (non-hydrogen) atoms. The zero-order valence-corrected chi connectivity index (χ0v) is 9.42. The number of carbonyl (C=O) groups excluding carboxylic acids is 1. The van der Waals surface area contributed by atoms with E-state index < -0.39 is 0 Å². The molecule has 1 heterocycles. The normalized spacial score (nSPS) is 10.2. The van der Waals surface area contributed by atoms with Crippen molar-refractivity contribution in [3.8, 4) is 5.75 Å². The van der Waals surface area contributed by atoms with Crippen LogP contribution in [0.1, 0.15) is 5.56 Å². The van der Waals surface area contributed by atoms with Crippen LogP contribution in [0.15, 0.2) is 36.7 Å². The maximum atomic E-state index is 11.7. The molecular formula is C12H13N3O2. The third-order valence-corrected chi connectivity index (χ3v) is 2.33. The van der Waals surface area contributed by atoms with Gasteiger partial charge in [0.05, 0.1) is 18.3 Å². The van der Waals surface area contributed by atoms with E-state index >= 15 is 0 Å². The number of carbonyl (C=O) groups is 1. The van der Waals surface area contributed by atoms with E-state index in [1.807, 2.05) is 0 Å². The first kappa shape index (κ1) is 11.2. The van der Waals surface area contributed by atoms with E-state index in [0.717, 1.165) is 0 Å². The number of hydrogen-bond donors (Lipinski definition) is 2. The highest BCUT2D eigenvalue weighted by Gasteiger charge is 2.07. The fraction of sp³-hybridized carbons (Fsp3) is 0.167. The summed E-state index contributed by atoms with van der Waals surface area (Å²) in [6.07, 6.45) is 3.42. The fourth-order valence-electron chi connectivity index (χ4n) is 1.52. The first-order chi connectivity index (χ1) is 8.15. The number of hydrogen-bond acceptors (Lipinski definition) is 3. The molecule has 0 unspecified atom stereocenters. The van der Waals surface area contributed by atoms with Crippen molar-refractivity contribution in [2.75, 3.05) is 5.32 Å². The summed E-state index contributed by atoms with van der Waals surface area (Å²) in [5.74, 6) is -0.0478. The number of nitrogens with zero attached hydrogens (tertiary/aromatic N) is 2. The smallest absolute Gasteiger partial charge is 0.229 e. The molecule has 0 spiro atoms. The van der Waals surface area contributed by atoms with E-state index in [0.29, 0.717) is 11.3 Å². The first-order valence-electron chi connectivity index (χ1n) is 5.20. The summed E-state index contributed by atoms with van der Waals surface area (Å²) in [7, 11) is 1.78. The van der Waals surface area contributed by atoms with Gasteiger partial charge in [0.1, 0.15) is 5.75 Å². The number of nitrogens with one attached hydrogen (secondary N) is 1. The molecule has 1 aromatic carbocycles. The van der Waals surface area contributed by atoms with E-state index in [9.17, 15) is 9.90 Å². The quantitative estimate of drug-likeness (QED) is 0.836. The maximum absolute atomic E-state index is 11.7. The molecule has 0 aliphatic carbocycles. The molecule has 0 radical (unpaired) electrons. The van der Waals surface area contributed by atoms with Crippen LogP contribution in [0.3, 0.4) is 0 Å². The maximum Gasteiger partial charge on any atom is 0.229 e. The van der Waals surface area contributed by atoms with Crippen molar-refractivity contribution < 1.29 is 9.90 Å². The highest BCUT2D eigenvalue weighted by Crippen LogP contribution is 2.16. The monoisotopic (exact) mass is 231 g/mol. The lowest BCUT2D eigenvalue weighted by Crippen LogP contribution is -2.14. The second kappa shape index (κ2) is 4.69. The second-order valence-corrected chi connectivity index (χ2v) is 3.76. The third kappa shape index (κ3) is 2.84. The van der Waals surface area contributed by atoms with Gasteiger partial charge in [-0.25, -0.2) is 0 Å². The Kier molecular flexibility index (Phi) is 3.09. The van der Waals surface area contributed by atoms with Crippen LogP contribution in [0.4, 0.5) is 5.69 Å². The van der Waals surface area contributed by atoms with Crippen LogP contribution >= 0.6 is 0 Å². The van der Waals surface area contributed by atoms with Crippen LogP contribution in [0.5, 0.6) is 5.75 Å². The minimum absolute atomic E-state index is 0.133. The predicted octanol–water partition coefficient (Wildman–Crippen LogP) is 1.31. The number of amides is 1. The second-order valence-electron chi connectivity index (χ2n) is 3.76. The number of aromatic nitrogens is 2. The summed E-state index contributed by atoms with van der Waals surface area (Å²) in [4.78, 5) is 11.7. The molecule has 2 N–H and O–H groups in total. The Labute approximate surface area is 98.7 Å². The number of anilines is 1. The van der Waals surface area contributed by atoms with Crippen LogP contribution in [-0.4, -0.2) is 20.8 Å². The molecule has 1 aromatic heterocycles. The molecule has 2 rings (SSSR count). The average Bonchev–Trinajstić information content (AvgIpc) is 2.67. The number of benzene rings is 1. The zero-order valence-electron chi connectivity index (χ0n) is 9.42. The summed E-state index contributed by atoms with van der Waals surface area (Å²) in [6.45, 7) is 0. The highest BCUT2D eigenvalue weighted by atomic mass is 16.3. The van der Waals surface area contributed by atoms with Gasteiger partial charge in [-0.05, 0) is 6.07 Å². The SMILES string of the molecule is Cn1cc(NC(=O)Cc2ccccc2O)cn1. The molecule has 0 aliphatic heterocycles. The fourth-order valence-corrected chi connectivity index (χ4v) is 1.52. The van der Waals surface area contributed by atoms with Gasteiger partial charge in [-0.1, -0.05) is 18.2 Å². The van der Waals surface area contributed by atoms with Crippen molar-refractivity contribution >= 4 is 11.6 Å². The molecule has 5 heteroatoms. The highest BCUT2D eigenvalue weighted by molar-refractivity contribution is 5.92. The van der Waals surface area contributed by atoms with E-state index in [1.54, 1.807) is 48.4 Å². The van der Waals surface area contributed by atoms with Gasteiger partial charge in [0, 0.05) is 18.8 Å². The summed E-state index contributed by atoms with van der Waals surface area (Å²) in [5.41, 5.74) is 1.25. The standard InChI is InChI=1S/C12H13N3O2/c1-15-8-10(7-13-15)14-12(17)6-9-4-2-3-5-11(9)16/h2-5,7-8,16H,6H2,1H3,(H,14,17). The molecule has 5 nitrogen and oxygen atoms in total. The number of phenolic OH excluding ortho intramolecular Hbond substituents is 1. The van der Waals surface area contributed by atoms with Crippen molar-refractivity contribution in [2.24, 2.45) is 7.05 Å². The Morgan fingerprint density at radius 3 is 2.88 bits per heavy atom. The number of para-hydroxylation sites is 1. The Morgan fingerprint density at radius 2 is 2.24 bits per heavy atom. The Morgan fingerprint density at radius 1 is 1.47 bits per heavy atom. The summed E-state index contributed by atoms with van der Waals surface area (Å²) in [5, 5.41) is 16.2. The first-order valence-corrected chi connectivity index (χ1v) is 5.20. The van der Waals surface area contributed by atoms with Crippen LogP contribution in [-0.2, 0) is 18.3 Å². The minimum atomic E-state index is -0.181. The van der Waals surface area contributed by atoms with E-state index in [2.05, 4.69) is 10.4 Å². The number of aromatic hydroxyl groups is 1. The van der Waals surface area contributed by atoms with Crippen LogP contribution < -0.4 is 5.32 Å². The Hall–Kier alpha value is -2.30. The Balaban J connectivity index is 2.01. The van der Waals surface area contributed by atoms with Gasteiger partial charge in [-0.2, -0.15) is 5.10 Å². The molecule has 0 atom stereocenters. The van der Waals surface area contributed by atoms with Crippen molar-refractivity contribution in [1.29, 1.82) is 0 Å². The predicted molar refractivity (Wildman–Crippen MR) is 63.6 cm³/mol. The van der Waals surface area contributed by atoms with Crippen LogP contribution in [0, 0.1) is 0 Å². The third-order valence-electron chi connectivity index (χ3n) is 2.33. The summed E-state index contributed by atoms with van der Waals surface area (Å²) in [6, 6.07) is 6.79. The molecule has 88 valence electrons. The number of rotatable bonds is 3. The molecule has 0 saturated carbocycles. The van der Waals surface area contributed by atoms with Crippen LogP contribution in [0.2, 0.25) is 0 Å². The van der Waals surface area contributed by atoms with Gasteiger partial charge in [-0.3, -0.25) is 9.48 Å². The molecule has 0 saturated heterocycles. The van der Waals surface area contributed by atoms with Gasteiger partial charge in [0.2, 0.25) is 5.91 Å². The van der Waals surface area contributed by atoms with Gasteiger partial charge in [0.25, 0.3) is 0 Å². The lowest BCUT2D eigenvalue weighted by molar-refractivity contribution is -0.115. The molecular weight excluding hydrogens is 218 g/mol. The molecule has 0 bridgehead atoms. The average molecular weight is 231 g/mol. The van der Waals surface area contributed by atoms with E-state index in [1.165, 1.54) is 0 Å². The van der Waals surface area contributed by atoms with Crippen LogP contribution in [0.25, 0.3) is 0 Å². The zero-order chi connectivity index (χ0) is 12.3. The summed E-state index contributed by atoms with van der Waals surface area (Å²) < 4.78 is 1.61. The van der Waals surface area contributed by atoms with Gasteiger partial charge in [0.15, 0.2) is 0 Å². The largest absolute Gasteiger partial charge is 0.508 e. The lowest BCUT2D eigenvalue weighted by atomic mass is 10.1. The van der Waals surface area contributed by atoms with E-state index in [4.69, 9.17) is 0 Å². The Bertz CT molecular complexity index is 534. The van der Waals surface area contributed by atoms with Crippen molar-refractivity contribution in [1.82, 2.24) is 9.78 Å². The minimum Gasteiger partial charge on any atom is -0.508 e. The van der Waals surface area contributed by atoms with Crippen molar-refractivity contribution in [2.45, 2.75) is 6.42 Å².